The Bertz CT molecular complexity index is 598. The second-order valence-electron chi connectivity index (χ2n) is 5.46. The number of nitrogens with two attached hydrogens (primary N) is 1. The number of amides is 2. The Morgan fingerprint density at radius 1 is 1.16 bits per heavy atom. The first-order valence-electron chi connectivity index (χ1n) is 6.58. The first-order chi connectivity index (χ1) is 9.15. The molecule has 5 heteroatoms. The number of hydrogen-bond donors (Lipinski definition) is 1. The van der Waals surface area contributed by atoms with Gasteiger partial charge in [0.25, 0.3) is 11.8 Å². The summed E-state index contributed by atoms with van der Waals surface area (Å²) in [6.45, 7) is 0. The zero-order valence-electron chi connectivity index (χ0n) is 10.3. The smallest absolute Gasteiger partial charge is 0.261 e. The molecule has 0 aliphatic carbocycles. The molecule has 4 rings (SSSR count). The Labute approximate surface area is 110 Å². The van der Waals surface area contributed by atoms with Crippen LogP contribution in [0, 0.1) is 0 Å². The van der Waals surface area contributed by atoms with E-state index in [4.69, 9.17) is 10.5 Å². The number of ether oxygens (including phenoxy) is 1. The van der Waals surface area contributed by atoms with Gasteiger partial charge in [0.2, 0.25) is 0 Å². The number of fused-ring (bicyclic) bond motifs is 3. The molecule has 0 spiro atoms. The molecule has 3 heterocycles. The summed E-state index contributed by atoms with van der Waals surface area (Å²) in [5, 5.41) is 0. The Hall–Kier alpha value is -1.88. The first kappa shape index (κ1) is 11.0. The van der Waals surface area contributed by atoms with Crippen molar-refractivity contribution in [2.75, 3.05) is 5.73 Å². The molecule has 3 aliphatic rings. The lowest BCUT2D eigenvalue weighted by Crippen LogP contribution is -2.45. The van der Waals surface area contributed by atoms with Crippen molar-refractivity contribution in [1.82, 2.24) is 4.90 Å². The van der Waals surface area contributed by atoms with Crippen molar-refractivity contribution in [3.05, 3.63) is 29.3 Å². The number of benzene rings is 1. The summed E-state index contributed by atoms with van der Waals surface area (Å²) >= 11 is 0. The molecule has 2 amide bonds. The summed E-state index contributed by atoms with van der Waals surface area (Å²) < 4.78 is 5.75. The van der Waals surface area contributed by atoms with Crippen molar-refractivity contribution in [3.8, 4) is 0 Å². The molecule has 5 nitrogen and oxygen atoms in total. The molecule has 2 N–H and O–H groups in total. The number of hydrogen-bond acceptors (Lipinski definition) is 4. The molecule has 1 aromatic rings. The number of imide groups is 1. The van der Waals surface area contributed by atoms with Crippen molar-refractivity contribution in [1.29, 1.82) is 0 Å². The molecular formula is C14H14N2O3. The van der Waals surface area contributed by atoms with Gasteiger partial charge in [0, 0.05) is 5.69 Å². The Kier molecular flexibility index (Phi) is 2.07. The van der Waals surface area contributed by atoms with Gasteiger partial charge in [0.05, 0.1) is 29.4 Å². The van der Waals surface area contributed by atoms with Gasteiger partial charge in [-0.05, 0) is 37.5 Å². The predicted octanol–water partition coefficient (Wildman–Crippen LogP) is 1.18. The second kappa shape index (κ2) is 3.57. The van der Waals surface area contributed by atoms with Crippen LogP contribution in [0.15, 0.2) is 18.2 Å². The van der Waals surface area contributed by atoms with E-state index in [0.29, 0.717) is 16.8 Å². The van der Waals surface area contributed by atoms with E-state index in [9.17, 15) is 9.59 Å². The molecule has 2 saturated heterocycles. The topological polar surface area (TPSA) is 72.6 Å². The first-order valence-corrected chi connectivity index (χ1v) is 6.58. The van der Waals surface area contributed by atoms with Gasteiger partial charge in [-0.2, -0.15) is 0 Å². The van der Waals surface area contributed by atoms with Crippen LogP contribution in [-0.4, -0.2) is 35.0 Å². The van der Waals surface area contributed by atoms with Crippen LogP contribution in [0.5, 0.6) is 0 Å². The standard InChI is InChI=1S/C14H14N2O3/c15-7-1-3-9-10(5-7)14(18)16(13(9)17)11-6-8-2-4-12(11)19-8/h1,3,5,8,11-12H,2,4,6,15H2. The molecule has 1 aromatic carbocycles. The average Bonchev–Trinajstić information content (AvgIpc) is 3.05. The van der Waals surface area contributed by atoms with Crippen molar-refractivity contribution in [2.24, 2.45) is 0 Å². The van der Waals surface area contributed by atoms with E-state index in [1.54, 1.807) is 18.2 Å². The van der Waals surface area contributed by atoms with E-state index in [1.807, 2.05) is 0 Å². The zero-order valence-corrected chi connectivity index (χ0v) is 10.3. The highest BCUT2D eigenvalue weighted by molar-refractivity contribution is 6.22. The summed E-state index contributed by atoms with van der Waals surface area (Å²) in [5.74, 6) is -0.436. The summed E-state index contributed by atoms with van der Waals surface area (Å²) in [6, 6.07) is 4.78. The molecule has 98 valence electrons. The van der Waals surface area contributed by atoms with Crippen LogP contribution < -0.4 is 5.73 Å². The minimum atomic E-state index is -0.228. The van der Waals surface area contributed by atoms with Gasteiger partial charge < -0.3 is 10.5 Å². The van der Waals surface area contributed by atoms with Crippen molar-refractivity contribution in [2.45, 2.75) is 37.5 Å². The summed E-state index contributed by atoms with van der Waals surface area (Å²) in [6.07, 6.45) is 2.97. The lowest BCUT2D eigenvalue weighted by Gasteiger charge is -2.27. The SMILES string of the molecule is Nc1ccc2c(c1)C(=O)N(C1CC3CCC1O3)C2=O. The Morgan fingerprint density at radius 3 is 2.63 bits per heavy atom. The molecule has 2 bridgehead atoms. The van der Waals surface area contributed by atoms with Gasteiger partial charge in [-0.3, -0.25) is 14.5 Å². The normalized spacial score (nSPS) is 32.2. The molecule has 0 aromatic heterocycles. The van der Waals surface area contributed by atoms with E-state index in [-0.39, 0.29) is 30.1 Å². The molecule has 3 unspecified atom stereocenters. The number of carbonyl (C=O) groups is 2. The fraction of sp³-hybridized carbons (Fsp3) is 0.429. The van der Waals surface area contributed by atoms with Gasteiger partial charge in [-0.1, -0.05) is 0 Å². The third-order valence-electron chi connectivity index (χ3n) is 4.35. The maximum Gasteiger partial charge on any atom is 0.261 e. The Balaban J connectivity index is 1.73. The lowest BCUT2D eigenvalue weighted by molar-refractivity contribution is 0.0451. The third-order valence-corrected chi connectivity index (χ3v) is 4.35. The van der Waals surface area contributed by atoms with E-state index < -0.39 is 0 Å². The average molecular weight is 258 g/mol. The number of anilines is 1. The quantitative estimate of drug-likeness (QED) is 0.606. The van der Waals surface area contributed by atoms with E-state index in [1.165, 1.54) is 4.90 Å². The number of carbonyl (C=O) groups excluding carboxylic acids is 2. The molecule has 0 radical (unpaired) electrons. The number of nitrogens with zero attached hydrogens (tertiary/aromatic N) is 1. The van der Waals surface area contributed by atoms with Crippen molar-refractivity contribution < 1.29 is 14.3 Å². The zero-order chi connectivity index (χ0) is 13.1. The van der Waals surface area contributed by atoms with Gasteiger partial charge in [-0.25, -0.2) is 0 Å². The van der Waals surface area contributed by atoms with Crippen LogP contribution in [0.25, 0.3) is 0 Å². The fourth-order valence-electron chi connectivity index (χ4n) is 3.46. The highest BCUT2D eigenvalue weighted by atomic mass is 16.5. The molecule has 2 fully saturated rings. The van der Waals surface area contributed by atoms with Gasteiger partial charge in [0.15, 0.2) is 0 Å². The van der Waals surface area contributed by atoms with Crippen LogP contribution in [0.4, 0.5) is 5.69 Å². The number of rotatable bonds is 1. The monoisotopic (exact) mass is 258 g/mol. The molecule has 3 aliphatic heterocycles. The van der Waals surface area contributed by atoms with Crippen LogP contribution in [0.3, 0.4) is 0 Å². The molecule has 0 saturated carbocycles. The maximum absolute atomic E-state index is 12.4. The lowest BCUT2D eigenvalue weighted by atomic mass is 9.94. The van der Waals surface area contributed by atoms with Crippen molar-refractivity contribution in [3.63, 3.8) is 0 Å². The summed E-state index contributed by atoms with van der Waals surface area (Å²) in [4.78, 5) is 26.2. The van der Waals surface area contributed by atoms with Gasteiger partial charge >= 0.3 is 0 Å². The number of nitrogen functional groups attached to an aromatic ring is 1. The van der Waals surface area contributed by atoms with E-state index in [0.717, 1.165) is 19.3 Å². The Morgan fingerprint density at radius 2 is 1.95 bits per heavy atom. The minimum Gasteiger partial charge on any atom is -0.399 e. The summed E-state index contributed by atoms with van der Waals surface area (Å²) in [7, 11) is 0. The minimum absolute atomic E-state index is 0.0181. The van der Waals surface area contributed by atoms with Crippen molar-refractivity contribution >= 4 is 17.5 Å². The second-order valence-corrected chi connectivity index (χ2v) is 5.46. The highest BCUT2D eigenvalue weighted by Gasteiger charge is 2.50. The fourth-order valence-corrected chi connectivity index (χ4v) is 3.46. The molecule has 19 heavy (non-hydrogen) atoms. The van der Waals surface area contributed by atoms with Crippen LogP contribution in [-0.2, 0) is 4.74 Å². The van der Waals surface area contributed by atoms with Gasteiger partial charge in [0.1, 0.15) is 0 Å². The summed E-state index contributed by atoms with van der Waals surface area (Å²) in [5.41, 5.74) is 7.08. The van der Waals surface area contributed by atoms with Crippen LogP contribution >= 0.6 is 0 Å². The van der Waals surface area contributed by atoms with E-state index in [2.05, 4.69) is 0 Å². The predicted molar refractivity (Wildman–Crippen MR) is 67.7 cm³/mol. The van der Waals surface area contributed by atoms with Crippen LogP contribution in [0.1, 0.15) is 40.0 Å². The molecule has 3 atom stereocenters. The van der Waals surface area contributed by atoms with Crippen LogP contribution in [0.2, 0.25) is 0 Å². The highest BCUT2D eigenvalue weighted by Crippen LogP contribution is 2.40. The van der Waals surface area contributed by atoms with Gasteiger partial charge in [-0.15, -0.1) is 0 Å². The van der Waals surface area contributed by atoms with E-state index >= 15 is 0 Å². The largest absolute Gasteiger partial charge is 0.399 e. The maximum atomic E-state index is 12.4. The molecular weight excluding hydrogens is 244 g/mol. The third kappa shape index (κ3) is 1.39.